The normalized spacial score (nSPS) is 11.6. The van der Waals surface area contributed by atoms with Crippen molar-refractivity contribution in [3.05, 3.63) is 41.3 Å². The van der Waals surface area contributed by atoms with Gasteiger partial charge in [0.05, 0.1) is 0 Å². The van der Waals surface area contributed by atoms with Crippen LogP contribution >= 0.6 is 0 Å². The number of carbonyl (C=O) groups is 1. The Hall–Kier alpha value is -2.10. The van der Waals surface area contributed by atoms with Crippen LogP contribution in [0.25, 0.3) is 11.3 Å². The Kier molecular flexibility index (Phi) is 3.18. The van der Waals surface area contributed by atoms with Crippen molar-refractivity contribution < 1.29 is 9.90 Å². The minimum atomic E-state index is -0.990. The minimum Gasteiger partial charge on any atom is -0.477 e. The smallest absolute Gasteiger partial charge is 0.354 e. The topological polar surface area (TPSA) is 66.0 Å². The Labute approximate surface area is 112 Å². The van der Waals surface area contributed by atoms with E-state index in [1.165, 1.54) is 5.56 Å². The molecule has 1 aromatic carbocycles. The molecule has 0 fully saturated rings. The van der Waals surface area contributed by atoms with Crippen LogP contribution in [0.4, 0.5) is 0 Å². The summed E-state index contributed by atoms with van der Waals surface area (Å²) in [6, 6.07) is 7.88. The van der Waals surface area contributed by atoms with Gasteiger partial charge in [0.1, 0.15) is 11.5 Å². The molecule has 0 unspecified atom stereocenters. The lowest BCUT2D eigenvalue weighted by atomic mass is 9.86. The number of imidazole rings is 1. The van der Waals surface area contributed by atoms with E-state index in [1.54, 1.807) is 6.92 Å². The van der Waals surface area contributed by atoms with E-state index >= 15 is 0 Å². The molecule has 1 aromatic heterocycles. The van der Waals surface area contributed by atoms with Crippen molar-refractivity contribution in [1.82, 2.24) is 9.97 Å². The average Bonchev–Trinajstić information content (AvgIpc) is 2.70. The number of benzene rings is 1. The van der Waals surface area contributed by atoms with Gasteiger partial charge in [-0.3, -0.25) is 0 Å². The van der Waals surface area contributed by atoms with Crippen molar-refractivity contribution in [3.63, 3.8) is 0 Å². The van der Waals surface area contributed by atoms with E-state index in [0.717, 1.165) is 5.56 Å². The predicted molar refractivity (Wildman–Crippen MR) is 74.4 cm³/mol. The van der Waals surface area contributed by atoms with E-state index in [2.05, 4.69) is 30.7 Å². The SMILES string of the molecule is Cc1nc(-c2ccc(C(C)(C)C)cc2)c(C(=O)O)[nH]1. The fourth-order valence-electron chi connectivity index (χ4n) is 1.98. The number of aromatic nitrogens is 2. The number of hydrogen-bond acceptors (Lipinski definition) is 2. The summed E-state index contributed by atoms with van der Waals surface area (Å²) in [6.45, 7) is 8.18. The lowest BCUT2D eigenvalue weighted by Crippen LogP contribution is -2.10. The van der Waals surface area contributed by atoms with Crippen LogP contribution in [0.15, 0.2) is 24.3 Å². The monoisotopic (exact) mass is 258 g/mol. The highest BCUT2D eigenvalue weighted by atomic mass is 16.4. The summed E-state index contributed by atoms with van der Waals surface area (Å²) in [5, 5.41) is 9.15. The second kappa shape index (κ2) is 4.53. The maximum Gasteiger partial charge on any atom is 0.354 e. The first kappa shape index (κ1) is 13.3. The zero-order valence-electron chi connectivity index (χ0n) is 11.6. The molecule has 1 heterocycles. The molecular formula is C15H18N2O2. The van der Waals surface area contributed by atoms with Crippen molar-refractivity contribution in [2.45, 2.75) is 33.1 Å². The Balaban J connectivity index is 2.46. The molecule has 0 radical (unpaired) electrons. The molecular weight excluding hydrogens is 240 g/mol. The Morgan fingerprint density at radius 2 is 1.79 bits per heavy atom. The van der Waals surface area contributed by atoms with E-state index < -0.39 is 5.97 Å². The molecule has 0 aliphatic heterocycles. The van der Waals surface area contributed by atoms with Crippen molar-refractivity contribution in [1.29, 1.82) is 0 Å². The Bertz CT molecular complexity index is 604. The van der Waals surface area contributed by atoms with Gasteiger partial charge in [-0.25, -0.2) is 9.78 Å². The summed E-state index contributed by atoms with van der Waals surface area (Å²) in [4.78, 5) is 18.2. The number of carboxylic acid groups (broad SMARTS) is 1. The van der Waals surface area contributed by atoms with Gasteiger partial charge in [-0.2, -0.15) is 0 Å². The molecule has 2 N–H and O–H groups in total. The first-order valence-electron chi connectivity index (χ1n) is 6.20. The highest BCUT2D eigenvalue weighted by Gasteiger charge is 2.18. The summed E-state index contributed by atoms with van der Waals surface area (Å²) in [5.74, 6) is -0.386. The maximum atomic E-state index is 11.2. The fourth-order valence-corrected chi connectivity index (χ4v) is 1.98. The Morgan fingerprint density at radius 1 is 1.21 bits per heavy atom. The molecule has 100 valence electrons. The molecule has 2 rings (SSSR count). The van der Waals surface area contributed by atoms with Crippen LogP contribution in [0.2, 0.25) is 0 Å². The second-order valence-corrected chi connectivity index (χ2v) is 5.68. The van der Waals surface area contributed by atoms with Gasteiger partial charge in [0.25, 0.3) is 0 Å². The number of nitrogens with one attached hydrogen (secondary N) is 1. The first-order chi connectivity index (χ1) is 8.79. The summed E-state index contributed by atoms with van der Waals surface area (Å²) >= 11 is 0. The van der Waals surface area contributed by atoms with Crippen LogP contribution in [-0.4, -0.2) is 21.0 Å². The highest BCUT2D eigenvalue weighted by Crippen LogP contribution is 2.27. The van der Waals surface area contributed by atoms with E-state index in [-0.39, 0.29) is 11.1 Å². The Morgan fingerprint density at radius 3 is 2.26 bits per heavy atom. The first-order valence-corrected chi connectivity index (χ1v) is 6.20. The number of hydrogen-bond donors (Lipinski definition) is 2. The predicted octanol–water partition coefficient (Wildman–Crippen LogP) is 3.38. The number of nitrogens with zero attached hydrogens (tertiary/aromatic N) is 1. The molecule has 0 atom stereocenters. The number of carboxylic acids is 1. The summed E-state index contributed by atoms with van der Waals surface area (Å²) in [6.07, 6.45) is 0. The van der Waals surface area contributed by atoms with Crippen LogP contribution in [0.3, 0.4) is 0 Å². The number of aryl methyl sites for hydroxylation is 1. The van der Waals surface area contributed by atoms with E-state index in [1.807, 2.05) is 24.3 Å². The molecule has 0 aliphatic carbocycles. The van der Waals surface area contributed by atoms with Crippen molar-refractivity contribution >= 4 is 5.97 Å². The van der Waals surface area contributed by atoms with Gasteiger partial charge >= 0.3 is 5.97 Å². The van der Waals surface area contributed by atoms with Crippen molar-refractivity contribution in [3.8, 4) is 11.3 Å². The summed E-state index contributed by atoms with van der Waals surface area (Å²) in [7, 11) is 0. The lowest BCUT2D eigenvalue weighted by Gasteiger charge is -2.19. The van der Waals surface area contributed by atoms with Gasteiger partial charge in [-0.1, -0.05) is 45.0 Å². The third-order valence-corrected chi connectivity index (χ3v) is 3.06. The van der Waals surface area contributed by atoms with Crippen LogP contribution < -0.4 is 0 Å². The van der Waals surface area contributed by atoms with Crippen LogP contribution in [-0.2, 0) is 5.41 Å². The van der Waals surface area contributed by atoms with Crippen molar-refractivity contribution in [2.24, 2.45) is 0 Å². The zero-order chi connectivity index (χ0) is 14.2. The maximum absolute atomic E-state index is 11.2. The van der Waals surface area contributed by atoms with E-state index in [4.69, 9.17) is 5.11 Å². The van der Waals surface area contributed by atoms with Gasteiger partial charge in [-0.05, 0) is 17.9 Å². The number of H-pyrrole nitrogens is 1. The zero-order valence-corrected chi connectivity index (χ0v) is 11.6. The third-order valence-electron chi connectivity index (χ3n) is 3.06. The molecule has 0 saturated carbocycles. The van der Waals surface area contributed by atoms with Crippen LogP contribution in [0, 0.1) is 6.92 Å². The number of aromatic amines is 1. The van der Waals surface area contributed by atoms with Crippen molar-refractivity contribution in [2.75, 3.05) is 0 Å². The molecule has 19 heavy (non-hydrogen) atoms. The van der Waals surface area contributed by atoms with Gasteiger partial charge in [0, 0.05) is 5.56 Å². The molecule has 0 spiro atoms. The molecule has 0 aliphatic rings. The van der Waals surface area contributed by atoms with E-state index in [0.29, 0.717) is 11.5 Å². The third kappa shape index (κ3) is 2.67. The molecule has 4 nitrogen and oxygen atoms in total. The minimum absolute atomic E-state index is 0.0790. The molecule has 0 amide bonds. The van der Waals surface area contributed by atoms with Crippen LogP contribution in [0.5, 0.6) is 0 Å². The molecule has 0 bridgehead atoms. The molecule has 0 saturated heterocycles. The van der Waals surface area contributed by atoms with Gasteiger partial charge in [0.2, 0.25) is 0 Å². The van der Waals surface area contributed by atoms with Gasteiger partial charge in [0.15, 0.2) is 5.69 Å². The fraction of sp³-hybridized carbons (Fsp3) is 0.333. The summed E-state index contributed by atoms with van der Waals surface area (Å²) in [5.41, 5.74) is 2.73. The highest BCUT2D eigenvalue weighted by molar-refractivity contribution is 5.92. The molecule has 4 heteroatoms. The van der Waals surface area contributed by atoms with Gasteiger partial charge < -0.3 is 10.1 Å². The second-order valence-electron chi connectivity index (χ2n) is 5.68. The van der Waals surface area contributed by atoms with Gasteiger partial charge in [-0.15, -0.1) is 0 Å². The number of aromatic carboxylic acids is 1. The largest absolute Gasteiger partial charge is 0.477 e. The standard InChI is InChI=1S/C15H18N2O2/c1-9-16-12(13(17-9)14(18)19)10-5-7-11(8-6-10)15(2,3)4/h5-8H,1-4H3,(H,16,17)(H,18,19). The lowest BCUT2D eigenvalue weighted by molar-refractivity contribution is 0.0692. The van der Waals surface area contributed by atoms with E-state index in [9.17, 15) is 4.79 Å². The number of rotatable bonds is 2. The van der Waals surface area contributed by atoms with Crippen LogP contribution in [0.1, 0.15) is 42.6 Å². The molecule has 2 aromatic rings. The average molecular weight is 258 g/mol. The summed E-state index contributed by atoms with van der Waals surface area (Å²) < 4.78 is 0. The quantitative estimate of drug-likeness (QED) is 0.867.